The second kappa shape index (κ2) is 6.39. The fourth-order valence-electron chi connectivity index (χ4n) is 2.26. The molecule has 2 aromatic rings. The van der Waals surface area contributed by atoms with E-state index in [1.54, 1.807) is 18.2 Å². The Labute approximate surface area is 140 Å². The molecule has 0 saturated carbocycles. The fourth-order valence-corrected chi connectivity index (χ4v) is 2.39. The van der Waals surface area contributed by atoms with E-state index >= 15 is 0 Å². The summed E-state index contributed by atoms with van der Waals surface area (Å²) in [4.78, 5) is 16.3. The summed E-state index contributed by atoms with van der Waals surface area (Å²) in [6.07, 6.45) is 1.69. The average molecular weight is 326 g/mol. The molecule has 0 N–H and O–H groups in total. The summed E-state index contributed by atoms with van der Waals surface area (Å²) in [6.45, 7) is 4.27. The first kappa shape index (κ1) is 15.5. The van der Waals surface area contributed by atoms with Gasteiger partial charge in [-0.2, -0.15) is 0 Å². The highest BCUT2D eigenvalue weighted by atomic mass is 35.5. The molecule has 0 bridgehead atoms. The van der Waals surface area contributed by atoms with Crippen molar-refractivity contribution in [1.82, 2.24) is 0 Å². The summed E-state index contributed by atoms with van der Waals surface area (Å²) in [5, 5.41) is 0.649. The third-order valence-corrected chi connectivity index (χ3v) is 3.87. The van der Waals surface area contributed by atoms with E-state index in [9.17, 15) is 4.79 Å². The van der Waals surface area contributed by atoms with Crippen molar-refractivity contribution in [3.63, 3.8) is 0 Å². The van der Waals surface area contributed by atoms with Crippen LogP contribution in [0.3, 0.4) is 0 Å². The molecule has 1 aliphatic rings. The maximum atomic E-state index is 12.0. The fraction of sp³-hybridized carbons (Fsp3) is 0.158. The zero-order chi connectivity index (χ0) is 16.4. The van der Waals surface area contributed by atoms with Gasteiger partial charge < -0.3 is 4.74 Å². The maximum absolute atomic E-state index is 12.0. The van der Waals surface area contributed by atoms with E-state index in [-0.39, 0.29) is 5.70 Å². The highest BCUT2D eigenvalue weighted by Crippen LogP contribution is 2.21. The Balaban J connectivity index is 1.87. The summed E-state index contributed by atoms with van der Waals surface area (Å²) in [7, 11) is 0. The van der Waals surface area contributed by atoms with Crippen LogP contribution in [-0.4, -0.2) is 11.9 Å². The van der Waals surface area contributed by atoms with Gasteiger partial charge in [0.15, 0.2) is 5.70 Å². The zero-order valence-corrected chi connectivity index (χ0v) is 13.7. The van der Waals surface area contributed by atoms with Crippen LogP contribution in [0.2, 0.25) is 5.02 Å². The van der Waals surface area contributed by atoms with Crippen LogP contribution >= 0.6 is 11.6 Å². The van der Waals surface area contributed by atoms with Gasteiger partial charge in [-0.25, -0.2) is 9.79 Å². The molecule has 0 fully saturated rings. The van der Waals surface area contributed by atoms with Gasteiger partial charge >= 0.3 is 5.97 Å². The SMILES string of the molecule is CC(C)c1ccc(C2=N/C(=C\c3ccc(Cl)cc3)C(=O)O2)cc1. The number of cyclic esters (lactones) is 1. The number of nitrogens with zero attached hydrogens (tertiary/aromatic N) is 1. The molecule has 23 heavy (non-hydrogen) atoms. The lowest BCUT2D eigenvalue weighted by atomic mass is 10.0. The highest BCUT2D eigenvalue weighted by Gasteiger charge is 2.24. The first-order chi connectivity index (χ1) is 11.0. The van der Waals surface area contributed by atoms with Crippen LogP contribution in [0.5, 0.6) is 0 Å². The van der Waals surface area contributed by atoms with Gasteiger partial charge in [-0.1, -0.05) is 49.7 Å². The molecule has 0 amide bonds. The minimum atomic E-state index is -0.442. The molecule has 0 spiro atoms. The van der Waals surface area contributed by atoms with Crippen LogP contribution in [0.25, 0.3) is 6.08 Å². The summed E-state index contributed by atoms with van der Waals surface area (Å²) in [5.74, 6) is 0.353. The van der Waals surface area contributed by atoms with Crippen LogP contribution in [0, 0.1) is 0 Å². The lowest BCUT2D eigenvalue weighted by Crippen LogP contribution is -2.05. The van der Waals surface area contributed by atoms with Crippen molar-refractivity contribution in [1.29, 1.82) is 0 Å². The second-order valence-electron chi connectivity index (χ2n) is 5.66. The molecule has 0 atom stereocenters. The Morgan fingerprint density at radius 3 is 2.30 bits per heavy atom. The normalized spacial score (nSPS) is 15.9. The average Bonchev–Trinajstić information content (AvgIpc) is 2.91. The summed E-state index contributed by atoms with van der Waals surface area (Å²) in [5.41, 5.74) is 3.16. The smallest absolute Gasteiger partial charge is 0.363 e. The Kier molecular flexibility index (Phi) is 4.30. The molecular weight excluding hydrogens is 310 g/mol. The van der Waals surface area contributed by atoms with Crippen molar-refractivity contribution in [2.24, 2.45) is 4.99 Å². The molecule has 1 aliphatic heterocycles. The molecule has 0 aliphatic carbocycles. The third kappa shape index (κ3) is 3.51. The predicted molar refractivity (Wildman–Crippen MR) is 92.6 cm³/mol. The number of esters is 1. The third-order valence-electron chi connectivity index (χ3n) is 3.62. The Bertz CT molecular complexity index is 787. The van der Waals surface area contributed by atoms with Gasteiger partial charge in [-0.3, -0.25) is 0 Å². The molecule has 0 saturated heterocycles. The minimum Gasteiger partial charge on any atom is -0.402 e. The van der Waals surface area contributed by atoms with Gasteiger partial charge in [0.25, 0.3) is 0 Å². The number of carbonyl (C=O) groups is 1. The van der Waals surface area contributed by atoms with E-state index in [4.69, 9.17) is 16.3 Å². The molecule has 3 rings (SSSR count). The molecule has 1 heterocycles. The molecule has 116 valence electrons. The van der Waals surface area contributed by atoms with Gasteiger partial charge in [-0.05, 0) is 47.4 Å². The van der Waals surface area contributed by atoms with E-state index in [2.05, 4.69) is 18.8 Å². The summed E-state index contributed by atoms with van der Waals surface area (Å²) < 4.78 is 5.27. The predicted octanol–water partition coefficient (Wildman–Crippen LogP) is 4.81. The molecular formula is C19H16ClNO2. The number of aliphatic imine (C=N–C) groups is 1. The topological polar surface area (TPSA) is 38.7 Å². The van der Waals surface area contributed by atoms with E-state index in [1.807, 2.05) is 36.4 Å². The van der Waals surface area contributed by atoms with Crippen LogP contribution < -0.4 is 0 Å². The van der Waals surface area contributed by atoms with Crippen molar-refractivity contribution < 1.29 is 9.53 Å². The van der Waals surface area contributed by atoms with Gasteiger partial charge in [0.2, 0.25) is 5.90 Å². The van der Waals surface area contributed by atoms with E-state index < -0.39 is 5.97 Å². The number of rotatable bonds is 3. The van der Waals surface area contributed by atoms with E-state index in [0.717, 1.165) is 11.1 Å². The molecule has 3 nitrogen and oxygen atoms in total. The first-order valence-corrected chi connectivity index (χ1v) is 7.79. The molecule has 2 aromatic carbocycles. The van der Waals surface area contributed by atoms with Gasteiger partial charge in [0.05, 0.1) is 0 Å². The maximum Gasteiger partial charge on any atom is 0.363 e. The molecule has 0 radical (unpaired) electrons. The minimum absolute atomic E-state index is 0.287. The largest absolute Gasteiger partial charge is 0.402 e. The lowest BCUT2D eigenvalue weighted by molar-refractivity contribution is -0.129. The number of hydrogen-bond acceptors (Lipinski definition) is 3. The van der Waals surface area contributed by atoms with Gasteiger partial charge in [-0.15, -0.1) is 0 Å². The van der Waals surface area contributed by atoms with Crippen molar-refractivity contribution in [2.75, 3.05) is 0 Å². The van der Waals surface area contributed by atoms with Crippen molar-refractivity contribution >= 4 is 29.5 Å². The molecule has 0 unspecified atom stereocenters. The lowest BCUT2D eigenvalue weighted by Gasteiger charge is -2.05. The Morgan fingerprint density at radius 1 is 1.04 bits per heavy atom. The number of ether oxygens (including phenoxy) is 1. The van der Waals surface area contributed by atoms with E-state index in [0.29, 0.717) is 16.8 Å². The van der Waals surface area contributed by atoms with Crippen LogP contribution in [0.15, 0.2) is 59.2 Å². The van der Waals surface area contributed by atoms with Crippen LogP contribution in [-0.2, 0) is 9.53 Å². The molecule has 0 aromatic heterocycles. The van der Waals surface area contributed by atoms with Gasteiger partial charge in [0.1, 0.15) is 0 Å². The summed E-state index contributed by atoms with van der Waals surface area (Å²) >= 11 is 5.86. The highest BCUT2D eigenvalue weighted by molar-refractivity contribution is 6.30. The quantitative estimate of drug-likeness (QED) is 0.600. The Morgan fingerprint density at radius 2 is 1.70 bits per heavy atom. The summed E-state index contributed by atoms with van der Waals surface area (Å²) in [6, 6.07) is 15.1. The van der Waals surface area contributed by atoms with Crippen LogP contribution in [0.1, 0.15) is 36.5 Å². The standard InChI is InChI=1S/C19H16ClNO2/c1-12(2)14-5-7-15(8-6-14)18-21-17(19(22)23-18)11-13-3-9-16(20)10-4-13/h3-12H,1-2H3/b17-11-. The molecule has 4 heteroatoms. The van der Waals surface area contributed by atoms with Crippen molar-refractivity contribution in [3.05, 3.63) is 75.9 Å². The van der Waals surface area contributed by atoms with E-state index in [1.165, 1.54) is 5.56 Å². The number of carbonyl (C=O) groups excluding carboxylic acids is 1. The second-order valence-corrected chi connectivity index (χ2v) is 6.10. The number of hydrogen-bond donors (Lipinski definition) is 0. The van der Waals surface area contributed by atoms with Crippen LogP contribution in [0.4, 0.5) is 0 Å². The van der Waals surface area contributed by atoms with Crippen molar-refractivity contribution in [2.45, 2.75) is 19.8 Å². The van der Waals surface area contributed by atoms with Gasteiger partial charge in [0, 0.05) is 10.6 Å². The Hall–Kier alpha value is -2.39. The number of benzene rings is 2. The number of halogens is 1. The zero-order valence-electron chi connectivity index (χ0n) is 12.9. The monoisotopic (exact) mass is 325 g/mol. The van der Waals surface area contributed by atoms with Crippen molar-refractivity contribution in [3.8, 4) is 0 Å². The first-order valence-electron chi connectivity index (χ1n) is 7.41.